The van der Waals surface area contributed by atoms with Gasteiger partial charge in [-0.3, -0.25) is 4.79 Å². The van der Waals surface area contributed by atoms with Gasteiger partial charge >= 0.3 is 0 Å². The molecule has 2 aliphatic rings. The number of carbonyl (C=O) groups excluding carboxylic acids is 1. The lowest BCUT2D eigenvalue weighted by molar-refractivity contribution is -0.133. The predicted octanol–water partition coefficient (Wildman–Crippen LogP) is 2.96. The molecule has 1 amide bonds. The zero-order valence-corrected chi connectivity index (χ0v) is 16.5. The molecule has 2 saturated heterocycles. The van der Waals surface area contributed by atoms with Gasteiger partial charge in [0.05, 0.1) is 14.2 Å². The lowest BCUT2D eigenvalue weighted by Gasteiger charge is -2.28. The van der Waals surface area contributed by atoms with Crippen LogP contribution in [0.5, 0.6) is 11.5 Å². The van der Waals surface area contributed by atoms with Gasteiger partial charge < -0.3 is 19.7 Å². The van der Waals surface area contributed by atoms with E-state index in [1.54, 1.807) is 26.0 Å². The van der Waals surface area contributed by atoms with Gasteiger partial charge in [0.2, 0.25) is 5.91 Å². The number of fused-ring (bicyclic) bond motifs is 2. The first-order valence-electron chi connectivity index (χ1n) is 8.59. The highest BCUT2D eigenvalue weighted by Crippen LogP contribution is 2.33. The summed E-state index contributed by atoms with van der Waals surface area (Å²) < 4.78 is 10.6. The molecule has 0 aromatic heterocycles. The molecule has 2 aliphatic heterocycles. The summed E-state index contributed by atoms with van der Waals surface area (Å²) >= 11 is 1.69. The number of amides is 1. The molecule has 1 aromatic rings. The van der Waals surface area contributed by atoms with Crippen molar-refractivity contribution in [3.05, 3.63) is 18.2 Å². The number of hydrogen-bond acceptors (Lipinski definition) is 5. The molecule has 2 unspecified atom stereocenters. The Morgan fingerprint density at radius 2 is 1.96 bits per heavy atom. The van der Waals surface area contributed by atoms with Crippen molar-refractivity contribution in [1.29, 1.82) is 0 Å². The molecule has 5 nitrogen and oxygen atoms in total. The number of ether oxygens (including phenoxy) is 2. The fraction of sp³-hybridized carbons (Fsp3) is 0.611. The average molecular weight is 387 g/mol. The Morgan fingerprint density at radius 1 is 1.20 bits per heavy atom. The van der Waals surface area contributed by atoms with E-state index in [9.17, 15) is 4.79 Å². The summed E-state index contributed by atoms with van der Waals surface area (Å²) in [4.78, 5) is 15.9. The number of carbonyl (C=O) groups is 1. The molecule has 25 heavy (non-hydrogen) atoms. The van der Waals surface area contributed by atoms with Crippen LogP contribution in [0.3, 0.4) is 0 Å². The third-order valence-corrected chi connectivity index (χ3v) is 5.88. The maximum absolute atomic E-state index is 12.7. The van der Waals surface area contributed by atoms with E-state index in [2.05, 4.69) is 10.2 Å². The van der Waals surface area contributed by atoms with Gasteiger partial charge in [-0.15, -0.1) is 24.2 Å². The van der Waals surface area contributed by atoms with Gasteiger partial charge in [0.15, 0.2) is 11.5 Å². The minimum atomic E-state index is 0. The van der Waals surface area contributed by atoms with Gasteiger partial charge in [0.25, 0.3) is 0 Å². The SMILES string of the molecule is COc1ccc(SCCC(=O)N2C3CCNCC2CC3)cc1OC.Cl. The summed E-state index contributed by atoms with van der Waals surface area (Å²) in [6.45, 7) is 1.98. The van der Waals surface area contributed by atoms with E-state index in [0.29, 0.717) is 24.4 Å². The zero-order valence-electron chi connectivity index (χ0n) is 14.8. The molecule has 0 spiro atoms. The van der Waals surface area contributed by atoms with Crippen LogP contribution in [0.15, 0.2) is 23.1 Å². The molecule has 2 bridgehead atoms. The second-order valence-electron chi connectivity index (χ2n) is 6.29. The van der Waals surface area contributed by atoms with Crippen molar-refractivity contribution < 1.29 is 14.3 Å². The molecule has 140 valence electrons. The van der Waals surface area contributed by atoms with Gasteiger partial charge in [-0.25, -0.2) is 0 Å². The summed E-state index contributed by atoms with van der Waals surface area (Å²) in [6.07, 6.45) is 3.99. The van der Waals surface area contributed by atoms with Crippen molar-refractivity contribution in [2.75, 3.05) is 33.1 Å². The van der Waals surface area contributed by atoms with Gasteiger partial charge in [-0.05, 0) is 44.0 Å². The number of thioether (sulfide) groups is 1. The summed E-state index contributed by atoms with van der Waals surface area (Å²) in [6, 6.07) is 6.73. The molecular weight excluding hydrogens is 360 g/mol. The first-order valence-corrected chi connectivity index (χ1v) is 9.58. The molecular formula is C18H27ClN2O3S. The van der Waals surface area contributed by atoms with Crippen molar-refractivity contribution in [3.63, 3.8) is 0 Å². The Morgan fingerprint density at radius 3 is 2.72 bits per heavy atom. The minimum Gasteiger partial charge on any atom is -0.493 e. The van der Waals surface area contributed by atoms with E-state index >= 15 is 0 Å². The third kappa shape index (κ3) is 4.74. The topological polar surface area (TPSA) is 50.8 Å². The second kappa shape index (κ2) is 9.55. The van der Waals surface area contributed by atoms with Crippen LogP contribution >= 0.6 is 24.2 Å². The summed E-state index contributed by atoms with van der Waals surface area (Å²) in [5, 5.41) is 3.44. The Labute approximate surface area is 160 Å². The van der Waals surface area contributed by atoms with Crippen LogP contribution < -0.4 is 14.8 Å². The highest BCUT2D eigenvalue weighted by molar-refractivity contribution is 7.99. The van der Waals surface area contributed by atoms with Crippen molar-refractivity contribution in [2.45, 2.75) is 42.7 Å². The molecule has 1 N–H and O–H groups in total. The molecule has 2 atom stereocenters. The van der Waals surface area contributed by atoms with Crippen molar-refractivity contribution in [2.24, 2.45) is 0 Å². The first-order chi connectivity index (χ1) is 11.7. The Bertz CT molecular complexity index is 573. The highest BCUT2D eigenvalue weighted by atomic mass is 35.5. The van der Waals surface area contributed by atoms with Crippen LogP contribution in [0, 0.1) is 0 Å². The van der Waals surface area contributed by atoms with Crippen LogP contribution in [0.25, 0.3) is 0 Å². The molecule has 3 rings (SSSR count). The lowest BCUT2D eigenvalue weighted by atomic mass is 10.1. The van der Waals surface area contributed by atoms with E-state index in [0.717, 1.165) is 48.1 Å². The average Bonchev–Trinajstić information content (AvgIpc) is 2.87. The van der Waals surface area contributed by atoms with Crippen molar-refractivity contribution in [1.82, 2.24) is 10.2 Å². The van der Waals surface area contributed by atoms with Crippen LogP contribution in [0.4, 0.5) is 0 Å². The van der Waals surface area contributed by atoms with Gasteiger partial charge in [-0.2, -0.15) is 0 Å². The fourth-order valence-electron chi connectivity index (χ4n) is 3.68. The summed E-state index contributed by atoms with van der Waals surface area (Å²) in [5.74, 6) is 2.55. The molecule has 2 fully saturated rings. The predicted molar refractivity (Wildman–Crippen MR) is 103 cm³/mol. The van der Waals surface area contributed by atoms with E-state index in [1.807, 2.05) is 18.2 Å². The number of benzene rings is 1. The first kappa shape index (κ1) is 20.2. The number of hydrogen-bond donors (Lipinski definition) is 1. The van der Waals surface area contributed by atoms with E-state index in [1.165, 1.54) is 6.42 Å². The number of nitrogens with zero attached hydrogens (tertiary/aromatic N) is 1. The Kier molecular flexibility index (Phi) is 7.72. The maximum atomic E-state index is 12.7. The fourth-order valence-corrected chi connectivity index (χ4v) is 4.55. The molecule has 0 aliphatic carbocycles. The van der Waals surface area contributed by atoms with Crippen LogP contribution in [0.2, 0.25) is 0 Å². The van der Waals surface area contributed by atoms with Crippen LogP contribution in [0.1, 0.15) is 25.7 Å². The quantitative estimate of drug-likeness (QED) is 0.762. The van der Waals surface area contributed by atoms with Crippen LogP contribution in [-0.2, 0) is 4.79 Å². The Hall–Kier alpha value is -1.11. The summed E-state index contributed by atoms with van der Waals surface area (Å²) in [5.41, 5.74) is 0. The molecule has 1 aromatic carbocycles. The highest BCUT2D eigenvalue weighted by Gasteiger charge is 2.37. The van der Waals surface area contributed by atoms with Crippen molar-refractivity contribution in [3.8, 4) is 11.5 Å². The third-order valence-electron chi connectivity index (χ3n) is 4.88. The molecule has 0 saturated carbocycles. The molecule has 2 heterocycles. The van der Waals surface area contributed by atoms with Gasteiger partial charge in [0, 0.05) is 35.7 Å². The van der Waals surface area contributed by atoms with E-state index in [4.69, 9.17) is 9.47 Å². The molecule has 7 heteroatoms. The smallest absolute Gasteiger partial charge is 0.223 e. The zero-order chi connectivity index (χ0) is 16.9. The van der Waals surface area contributed by atoms with Crippen molar-refractivity contribution >= 4 is 30.1 Å². The minimum absolute atomic E-state index is 0. The molecule has 0 radical (unpaired) electrons. The number of methoxy groups -OCH3 is 2. The van der Waals surface area contributed by atoms with E-state index < -0.39 is 0 Å². The second-order valence-corrected chi connectivity index (χ2v) is 7.46. The maximum Gasteiger partial charge on any atom is 0.223 e. The van der Waals surface area contributed by atoms with E-state index in [-0.39, 0.29) is 12.4 Å². The van der Waals surface area contributed by atoms with Gasteiger partial charge in [0.1, 0.15) is 0 Å². The lowest BCUT2D eigenvalue weighted by Crippen LogP contribution is -2.42. The standard InChI is InChI=1S/C18H26N2O3S.ClH/c1-22-16-6-5-15(11-17(16)23-2)24-10-8-18(21)20-13-3-4-14(20)12-19-9-7-13;/h5-6,11,13-14,19H,3-4,7-10,12H2,1-2H3;1H. The number of halogens is 1. The van der Waals surface area contributed by atoms with Crippen LogP contribution in [-0.4, -0.2) is 56.0 Å². The largest absolute Gasteiger partial charge is 0.493 e. The monoisotopic (exact) mass is 386 g/mol. The number of rotatable bonds is 6. The number of nitrogens with one attached hydrogen (secondary N) is 1. The van der Waals surface area contributed by atoms with Gasteiger partial charge in [-0.1, -0.05) is 0 Å². The summed E-state index contributed by atoms with van der Waals surface area (Å²) in [7, 11) is 3.27. The normalized spacial score (nSPS) is 22.1. The Balaban J connectivity index is 0.00000225.